The molecule has 1 aromatic heterocycles. The highest BCUT2D eigenvalue weighted by molar-refractivity contribution is 6.31. The first-order chi connectivity index (χ1) is 18.6. The van der Waals surface area contributed by atoms with E-state index in [1.165, 1.54) is 12.1 Å². The fourth-order valence-corrected chi connectivity index (χ4v) is 5.28. The van der Waals surface area contributed by atoms with Crippen LogP contribution in [-0.2, 0) is 12.8 Å². The molecule has 1 heterocycles. The topological polar surface area (TPSA) is 71.7 Å². The van der Waals surface area contributed by atoms with E-state index in [1.54, 1.807) is 12.1 Å². The predicted molar refractivity (Wildman–Crippen MR) is 150 cm³/mol. The molecule has 0 atom stereocenters. The fraction of sp³-hybridized carbons (Fsp3) is 0.156. The van der Waals surface area contributed by atoms with Crippen molar-refractivity contribution in [1.82, 2.24) is 4.57 Å². The van der Waals surface area contributed by atoms with Crippen LogP contribution in [0.3, 0.4) is 0 Å². The van der Waals surface area contributed by atoms with E-state index in [0.29, 0.717) is 30.2 Å². The van der Waals surface area contributed by atoms with Crippen LogP contribution in [0.4, 0.5) is 0 Å². The minimum atomic E-state index is -0.994. The van der Waals surface area contributed by atoms with Crippen molar-refractivity contribution >= 4 is 28.5 Å². The molecule has 0 unspecified atom stereocenters. The third-order valence-corrected chi connectivity index (χ3v) is 6.96. The van der Waals surface area contributed by atoms with Gasteiger partial charge in [-0.25, -0.2) is 4.79 Å². The molecular weight excluding hydrogens is 498 g/mol. The maximum absolute atomic E-state index is 11.3. The molecule has 0 spiro atoms. The number of aromatic carboxylic acids is 1. The summed E-state index contributed by atoms with van der Waals surface area (Å²) in [5.41, 5.74) is 5.56. The normalized spacial score (nSPS) is 11.2. The highest BCUT2D eigenvalue weighted by Gasteiger charge is 2.25. The molecule has 0 fully saturated rings. The van der Waals surface area contributed by atoms with Crippen LogP contribution in [-0.4, -0.2) is 34.0 Å². The van der Waals surface area contributed by atoms with Crippen LogP contribution in [0.25, 0.3) is 10.9 Å². The van der Waals surface area contributed by atoms with Crippen molar-refractivity contribution in [2.75, 3.05) is 13.2 Å². The van der Waals surface area contributed by atoms with Crippen molar-refractivity contribution in [2.24, 2.45) is 0 Å². The van der Waals surface area contributed by atoms with E-state index >= 15 is 0 Å². The van der Waals surface area contributed by atoms with Gasteiger partial charge in [-0.3, -0.25) is 0 Å². The van der Waals surface area contributed by atoms with Gasteiger partial charge in [-0.05, 0) is 53.1 Å². The van der Waals surface area contributed by atoms with Gasteiger partial charge in [-0.2, -0.15) is 0 Å². The van der Waals surface area contributed by atoms with Crippen LogP contribution >= 0.6 is 11.6 Å². The van der Waals surface area contributed by atoms with Gasteiger partial charge in [-0.15, -0.1) is 0 Å². The number of fused-ring (bicyclic) bond motifs is 1. The highest BCUT2D eigenvalue weighted by atomic mass is 35.5. The maximum atomic E-state index is 11.3. The summed E-state index contributed by atoms with van der Waals surface area (Å²) in [5, 5.41) is 21.1. The molecule has 0 saturated carbocycles. The number of aliphatic hydroxyl groups excluding tert-OH is 1. The third kappa shape index (κ3) is 5.30. The molecule has 0 saturated heterocycles. The Kier molecular flexibility index (Phi) is 7.78. The number of hydrogen-bond acceptors (Lipinski definition) is 3. The SMILES string of the molecule is O=C(O)c1cccc(OCCc2c(CCO)n(C(c3ccccc3)c3ccccc3)c3ccc(Cl)cc23)c1. The molecule has 0 aliphatic rings. The highest BCUT2D eigenvalue weighted by Crippen LogP contribution is 2.37. The number of aliphatic hydroxyl groups is 1. The van der Waals surface area contributed by atoms with Crippen LogP contribution in [0.2, 0.25) is 5.02 Å². The molecule has 2 N–H and O–H groups in total. The number of carboxylic acids is 1. The lowest BCUT2D eigenvalue weighted by Gasteiger charge is -2.24. The van der Waals surface area contributed by atoms with Crippen molar-refractivity contribution < 1.29 is 19.7 Å². The molecule has 0 bridgehead atoms. The molecule has 5 rings (SSSR count). The Bertz CT molecular complexity index is 1510. The molecule has 0 aliphatic carbocycles. The van der Waals surface area contributed by atoms with E-state index < -0.39 is 5.97 Å². The van der Waals surface area contributed by atoms with Gasteiger partial charge in [0.05, 0.1) is 18.2 Å². The first-order valence-electron chi connectivity index (χ1n) is 12.5. The van der Waals surface area contributed by atoms with Gasteiger partial charge in [0.15, 0.2) is 0 Å². The molecule has 0 aliphatic heterocycles. The Balaban J connectivity index is 1.61. The van der Waals surface area contributed by atoms with Crippen molar-refractivity contribution in [2.45, 2.75) is 18.9 Å². The minimum absolute atomic E-state index is 0.00509. The van der Waals surface area contributed by atoms with Crippen LogP contribution in [0.1, 0.15) is 38.8 Å². The number of ether oxygens (including phenoxy) is 1. The third-order valence-electron chi connectivity index (χ3n) is 6.72. The van der Waals surface area contributed by atoms with E-state index in [9.17, 15) is 15.0 Å². The Labute approximate surface area is 226 Å². The summed E-state index contributed by atoms with van der Waals surface area (Å²) < 4.78 is 8.30. The number of carboxylic acid groups (broad SMARTS) is 1. The summed E-state index contributed by atoms with van der Waals surface area (Å²) in [5.74, 6) is -0.493. The number of halogens is 1. The zero-order valence-corrected chi connectivity index (χ0v) is 21.5. The molecule has 4 aromatic carbocycles. The molecule has 6 heteroatoms. The van der Waals surface area contributed by atoms with Crippen LogP contribution in [0.15, 0.2) is 103 Å². The summed E-state index contributed by atoms with van der Waals surface area (Å²) in [4.78, 5) is 11.3. The number of nitrogens with zero attached hydrogens (tertiary/aromatic N) is 1. The van der Waals surface area contributed by atoms with Gasteiger partial charge >= 0.3 is 5.97 Å². The second-order valence-corrected chi connectivity index (χ2v) is 9.52. The number of benzene rings is 4. The van der Waals surface area contributed by atoms with Gasteiger partial charge in [0.2, 0.25) is 0 Å². The van der Waals surface area contributed by atoms with Crippen LogP contribution < -0.4 is 4.74 Å². The minimum Gasteiger partial charge on any atom is -0.493 e. The Morgan fingerprint density at radius 1 is 0.842 bits per heavy atom. The van der Waals surface area contributed by atoms with Gasteiger partial charge in [-0.1, -0.05) is 78.3 Å². The summed E-state index contributed by atoms with van der Waals surface area (Å²) in [6.45, 7) is 0.337. The Hall–Kier alpha value is -4.06. The first kappa shape index (κ1) is 25.6. The predicted octanol–water partition coefficient (Wildman–Crippen LogP) is 6.79. The zero-order valence-electron chi connectivity index (χ0n) is 20.8. The molecule has 5 nitrogen and oxygen atoms in total. The van der Waals surface area contributed by atoms with Gasteiger partial charge < -0.3 is 19.5 Å². The Morgan fingerprint density at radius 2 is 1.53 bits per heavy atom. The van der Waals surface area contributed by atoms with E-state index in [2.05, 4.69) is 28.8 Å². The Morgan fingerprint density at radius 3 is 2.16 bits per heavy atom. The lowest BCUT2D eigenvalue weighted by Crippen LogP contribution is -2.17. The maximum Gasteiger partial charge on any atom is 0.335 e. The lowest BCUT2D eigenvalue weighted by atomic mass is 9.97. The number of aromatic nitrogens is 1. The average molecular weight is 526 g/mol. The lowest BCUT2D eigenvalue weighted by molar-refractivity contribution is 0.0696. The quantitative estimate of drug-likeness (QED) is 0.211. The second-order valence-electron chi connectivity index (χ2n) is 9.09. The fourth-order valence-electron chi connectivity index (χ4n) is 5.11. The molecular formula is C32H28ClNO4. The first-order valence-corrected chi connectivity index (χ1v) is 12.9. The van der Waals surface area contributed by atoms with Crippen molar-refractivity contribution in [3.05, 3.63) is 136 Å². The molecule has 38 heavy (non-hydrogen) atoms. The van der Waals surface area contributed by atoms with E-state index in [1.807, 2.05) is 54.6 Å². The van der Waals surface area contributed by atoms with Crippen molar-refractivity contribution in [1.29, 1.82) is 0 Å². The van der Waals surface area contributed by atoms with Gasteiger partial charge in [0.1, 0.15) is 5.75 Å². The summed E-state index contributed by atoms with van der Waals surface area (Å²) in [6, 6.07) is 33.0. The summed E-state index contributed by atoms with van der Waals surface area (Å²) in [7, 11) is 0. The van der Waals surface area contributed by atoms with E-state index in [-0.39, 0.29) is 18.2 Å². The van der Waals surface area contributed by atoms with Crippen molar-refractivity contribution in [3.63, 3.8) is 0 Å². The monoisotopic (exact) mass is 525 g/mol. The standard InChI is InChI=1S/C32H28ClNO4/c33-25-14-15-29-28(21-25)27(17-19-38-26-13-7-12-24(20-26)32(36)37)30(16-18-35)34(29)31(22-8-3-1-4-9-22)23-10-5-2-6-11-23/h1-15,20-21,31,35H,16-19H2,(H,36,37). The molecule has 5 aromatic rings. The van der Waals surface area contributed by atoms with Gasteiger partial charge in [0.25, 0.3) is 0 Å². The van der Waals surface area contributed by atoms with E-state index in [0.717, 1.165) is 33.3 Å². The molecule has 0 amide bonds. The number of hydrogen-bond donors (Lipinski definition) is 2. The van der Waals surface area contributed by atoms with Gasteiger partial charge in [0, 0.05) is 41.1 Å². The largest absolute Gasteiger partial charge is 0.493 e. The summed E-state index contributed by atoms with van der Waals surface area (Å²) >= 11 is 6.47. The van der Waals surface area contributed by atoms with Crippen molar-refractivity contribution in [3.8, 4) is 5.75 Å². The van der Waals surface area contributed by atoms with Crippen LogP contribution in [0.5, 0.6) is 5.75 Å². The van der Waals surface area contributed by atoms with Crippen LogP contribution in [0, 0.1) is 0 Å². The summed E-state index contributed by atoms with van der Waals surface area (Å²) in [6.07, 6.45) is 1.03. The van der Waals surface area contributed by atoms with E-state index in [4.69, 9.17) is 16.3 Å². The smallest absolute Gasteiger partial charge is 0.335 e. The second kappa shape index (κ2) is 11.5. The number of rotatable bonds is 10. The average Bonchev–Trinajstić information content (AvgIpc) is 3.22. The molecule has 0 radical (unpaired) electrons. The number of carbonyl (C=O) groups is 1. The zero-order chi connectivity index (χ0) is 26.5. The molecule has 192 valence electrons.